The van der Waals surface area contributed by atoms with Crippen LogP contribution >= 0.6 is 0 Å². The van der Waals surface area contributed by atoms with E-state index < -0.39 is 6.04 Å². The highest BCUT2D eigenvalue weighted by atomic mass is 16.6. The Kier molecular flexibility index (Phi) is 6.15. The minimum Gasteiger partial charge on any atom is -0.342 e. The number of aromatic nitrogens is 2. The molecule has 0 radical (unpaired) electrons. The van der Waals surface area contributed by atoms with Gasteiger partial charge in [-0.3, -0.25) is 24.6 Å². The van der Waals surface area contributed by atoms with Crippen molar-refractivity contribution in [3.8, 4) is 0 Å². The lowest BCUT2D eigenvalue weighted by Crippen LogP contribution is -2.52. The molecule has 0 saturated carbocycles. The third-order valence-corrected chi connectivity index (χ3v) is 9.55. The molecule has 0 bridgehead atoms. The number of para-hydroxylation sites is 1. The fourth-order valence-corrected chi connectivity index (χ4v) is 7.24. The molecule has 1 aromatic heterocycles. The van der Waals surface area contributed by atoms with E-state index in [1.807, 2.05) is 12.1 Å². The van der Waals surface area contributed by atoms with Gasteiger partial charge in [0.15, 0.2) is 12.3 Å². The van der Waals surface area contributed by atoms with Crippen LogP contribution in [0.2, 0.25) is 0 Å². The number of hydrogen-bond acceptors (Lipinski definition) is 7. The summed E-state index contributed by atoms with van der Waals surface area (Å²) in [5.41, 5.74) is 5.22. The number of piperidine rings is 2. The molecule has 3 saturated heterocycles. The van der Waals surface area contributed by atoms with E-state index in [0.29, 0.717) is 24.4 Å². The van der Waals surface area contributed by atoms with Gasteiger partial charge in [-0.05, 0) is 67.6 Å². The molecule has 10 heteroatoms. The van der Waals surface area contributed by atoms with E-state index in [0.717, 1.165) is 62.6 Å². The molecule has 10 nitrogen and oxygen atoms in total. The molecule has 0 aliphatic carbocycles. The lowest BCUT2D eigenvalue weighted by molar-refractivity contribution is -0.136. The van der Waals surface area contributed by atoms with Crippen LogP contribution in [-0.4, -0.2) is 69.0 Å². The highest BCUT2D eigenvalue weighted by Crippen LogP contribution is 2.44. The highest BCUT2D eigenvalue weighted by Gasteiger charge is 2.49. The van der Waals surface area contributed by atoms with Crippen molar-refractivity contribution in [1.82, 2.24) is 24.7 Å². The van der Waals surface area contributed by atoms with Gasteiger partial charge in [0.2, 0.25) is 11.8 Å². The Balaban J connectivity index is 0.00000300. The molecular formula is C32H36N6O4. The number of amides is 3. The monoisotopic (exact) mass is 568 g/mol. The Morgan fingerprint density at radius 1 is 0.952 bits per heavy atom. The number of fused-ring (bicyclic) bond motifs is 4. The lowest BCUT2D eigenvalue weighted by atomic mass is 9.88. The number of epoxide rings is 1. The van der Waals surface area contributed by atoms with Gasteiger partial charge in [-0.25, -0.2) is 4.98 Å². The van der Waals surface area contributed by atoms with Gasteiger partial charge in [-0.1, -0.05) is 30.3 Å². The molecule has 3 fully saturated rings. The van der Waals surface area contributed by atoms with Crippen LogP contribution < -0.4 is 10.2 Å². The number of anilines is 1. The van der Waals surface area contributed by atoms with Crippen molar-refractivity contribution < 1.29 is 20.5 Å². The van der Waals surface area contributed by atoms with E-state index in [9.17, 15) is 14.4 Å². The number of imidazole rings is 1. The topological polar surface area (TPSA) is 103 Å². The smallest absolute Gasteiger partial charge is 0.255 e. The van der Waals surface area contributed by atoms with E-state index in [-0.39, 0.29) is 37.9 Å². The van der Waals surface area contributed by atoms with Crippen molar-refractivity contribution >= 4 is 23.4 Å². The minimum atomic E-state index is -0.576. The highest BCUT2D eigenvalue weighted by molar-refractivity contribution is 6.05. The van der Waals surface area contributed by atoms with Crippen LogP contribution in [0.3, 0.4) is 0 Å². The first-order valence-electron chi connectivity index (χ1n) is 15.0. The quantitative estimate of drug-likeness (QED) is 0.373. The number of nitrogens with zero attached hydrogens (tertiary/aromatic N) is 5. The van der Waals surface area contributed by atoms with Gasteiger partial charge in [0.05, 0.1) is 5.69 Å². The van der Waals surface area contributed by atoms with Gasteiger partial charge in [0, 0.05) is 51.5 Å². The second-order valence-corrected chi connectivity index (χ2v) is 12.1. The Labute approximate surface area is 245 Å². The zero-order valence-corrected chi connectivity index (χ0v) is 23.4. The molecule has 5 aliphatic rings. The van der Waals surface area contributed by atoms with E-state index in [1.54, 1.807) is 4.90 Å². The van der Waals surface area contributed by atoms with Crippen LogP contribution in [0.1, 0.15) is 72.1 Å². The molecule has 3 amide bonds. The largest absolute Gasteiger partial charge is 0.342 e. The third-order valence-electron chi connectivity index (χ3n) is 9.55. The Hall–Kier alpha value is -4.02. The van der Waals surface area contributed by atoms with Crippen LogP contribution in [0.4, 0.5) is 5.69 Å². The average molecular weight is 569 g/mol. The van der Waals surface area contributed by atoms with Crippen LogP contribution in [0, 0.1) is 0 Å². The fourth-order valence-electron chi connectivity index (χ4n) is 7.24. The number of benzene rings is 2. The van der Waals surface area contributed by atoms with Crippen molar-refractivity contribution in [3.63, 3.8) is 0 Å². The van der Waals surface area contributed by atoms with E-state index >= 15 is 0 Å². The third kappa shape index (κ3) is 4.49. The van der Waals surface area contributed by atoms with Crippen LogP contribution in [0.25, 0.3) is 0 Å². The molecular weight excluding hydrogens is 532 g/mol. The second-order valence-electron chi connectivity index (χ2n) is 12.1. The summed E-state index contributed by atoms with van der Waals surface area (Å²) in [4.78, 5) is 48.5. The first-order valence-corrected chi connectivity index (χ1v) is 15.0. The molecule has 42 heavy (non-hydrogen) atoms. The number of carbonyl (C=O) groups excluding carboxylic acids is 3. The first-order chi connectivity index (χ1) is 20.5. The summed E-state index contributed by atoms with van der Waals surface area (Å²) >= 11 is 0. The summed E-state index contributed by atoms with van der Waals surface area (Å²) in [5, 5.41) is 2.38. The SMILES string of the molecule is O=C1CCC(N2Cc3cc(C4CCN(Cc5cn6c(n5)C5OC5N(c5ccccc5)CC6)CC4)ccc3C2=O)C(=O)N1.[HH]. The van der Waals surface area contributed by atoms with Gasteiger partial charge in [0.25, 0.3) is 5.91 Å². The summed E-state index contributed by atoms with van der Waals surface area (Å²) in [5.74, 6) is 0.734. The predicted octanol–water partition coefficient (Wildman–Crippen LogP) is 3.19. The molecule has 218 valence electrons. The number of nitrogens with one attached hydrogen (secondary N) is 1. The molecule has 3 atom stereocenters. The zero-order chi connectivity index (χ0) is 28.4. The van der Waals surface area contributed by atoms with Gasteiger partial charge in [-0.15, -0.1) is 0 Å². The van der Waals surface area contributed by atoms with Crippen molar-refractivity contribution in [2.45, 2.75) is 69.6 Å². The number of carbonyl (C=O) groups is 3. The van der Waals surface area contributed by atoms with Gasteiger partial charge in [0.1, 0.15) is 11.9 Å². The molecule has 3 unspecified atom stereocenters. The number of likely N-dealkylation sites (tertiary alicyclic amines) is 1. The van der Waals surface area contributed by atoms with Crippen molar-refractivity contribution in [1.29, 1.82) is 0 Å². The van der Waals surface area contributed by atoms with E-state index in [2.05, 4.69) is 62.3 Å². The molecule has 6 heterocycles. The standard InChI is InChI=1S/C32H34N6O4.H2/c39-27-9-8-26(30(40)34-27)38-17-22-16-21(6-7-25(22)31(38)41)20-10-12-35(13-11-20)18-23-19-36-14-15-37(24-4-2-1-3-5-24)32-28(42-32)29(36)33-23;/h1-7,16,19-20,26,28,32H,8-15,17-18H2,(H,34,39,40);1H. The lowest BCUT2D eigenvalue weighted by Gasteiger charge is -2.32. The maximum absolute atomic E-state index is 13.1. The van der Waals surface area contributed by atoms with Crippen LogP contribution in [-0.2, 0) is 34.0 Å². The maximum Gasteiger partial charge on any atom is 0.255 e. The Bertz CT molecular complexity index is 1570. The van der Waals surface area contributed by atoms with Gasteiger partial charge >= 0.3 is 0 Å². The molecule has 1 N–H and O–H groups in total. The summed E-state index contributed by atoms with van der Waals surface area (Å²) in [6.45, 7) is 5.05. The normalized spacial score (nSPS) is 26.0. The van der Waals surface area contributed by atoms with Crippen LogP contribution in [0.5, 0.6) is 0 Å². The molecule has 5 aliphatic heterocycles. The zero-order valence-electron chi connectivity index (χ0n) is 23.4. The van der Waals surface area contributed by atoms with Crippen LogP contribution in [0.15, 0.2) is 54.7 Å². The summed E-state index contributed by atoms with van der Waals surface area (Å²) in [6.07, 6.45) is 5.07. The molecule has 2 aromatic carbocycles. The van der Waals surface area contributed by atoms with Crippen molar-refractivity contribution in [3.05, 3.63) is 82.9 Å². The summed E-state index contributed by atoms with van der Waals surface area (Å²) in [6, 6.07) is 16.1. The van der Waals surface area contributed by atoms with E-state index in [1.165, 1.54) is 11.3 Å². The minimum absolute atomic E-state index is 0. The molecule has 0 spiro atoms. The van der Waals surface area contributed by atoms with Crippen molar-refractivity contribution in [2.75, 3.05) is 24.5 Å². The number of imide groups is 1. The number of ether oxygens (including phenoxy) is 1. The van der Waals surface area contributed by atoms with E-state index in [4.69, 9.17) is 9.72 Å². The Morgan fingerprint density at radius 3 is 2.60 bits per heavy atom. The Morgan fingerprint density at radius 2 is 1.79 bits per heavy atom. The van der Waals surface area contributed by atoms with Gasteiger partial charge in [-0.2, -0.15) is 0 Å². The number of rotatable bonds is 5. The van der Waals surface area contributed by atoms with Gasteiger partial charge < -0.3 is 19.1 Å². The molecule has 3 aromatic rings. The summed E-state index contributed by atoms with van der Waals surface area (Å²) < 4.78 is 8.36. The average Bonchev–Trinajstić information content (AvgIpc) is 3.61. The van der Waals surface area contributed by atoms with Crippen molar-refractivity contribution in [2.24, 2.45) is 0 Å². The first kappa shape index (κ1) is 25.7. The number of hydrogen-bond donors (Lipinski definition) is 1. The molecule has 8 rings (SSSR count). The summed E-state index contributed by atoms with van der Waals surface area (Å²) in [7, 11) is 0. The maximum atomic E-state index is 13.1. The fraction of sp³-hybridized carbons (Fsp3) is 0.438. The predicted molar refractivity (Wildman–Crippen MR) is 155 cm³/mol. The second kappa shape index (κ2) is 10.1.